The van der Waals surface area contributed by atoms with Crippen molar-refractivity contribution in [3.05, 3.63) is 35.5 Å². The highest BCUT2D eigenvalue weighted by Gasteiger charge is 2.32. The van der Waals surface area contributed by atoms with E-state index in [2.05, 4.69) is 27.0 Å². The first kappa shape index (κ1) is 29.0. The van der Waals surface area contributed by atoms with Crippen molar-refractivity contribution >= 4 is 29.2 Å². The molecule has 1 unspecified atom stereocenters. The van der Waals surface area contributed by atoms with Crippen LogP contribution >= 0.6 is 11.6 Å². The first-order chi connectivity index (χ1) is 18.9. The van der Waals surface area contributed by atoms with Gasteiger partial charge in [-0.3, -0.25) is 0 Å². The molecule has 1 saturated heterocycles. The molecule has 0 radical (unpaired) electrons. The Labute approximate surface area is 234 Å². The van der Waals surface area contributed by atoms with Crippen molar-refractivity contribution in [2.24, 2.45) is 5.41 Å². The van der Waals surface area contributed by atoms with Crippen LogP contribution in [0.5, 0.6) is 0 Å². The maximum absolute atomic E-state index is 10.6. The van der Waals surface area contributed by atoms with Crippen LogP contribution in [0.4, 0.5) is 11.6 Å². The minimum Gasteiger partial charge on any atom is -0.480 e. The number of carboxylic acids is 1. The van der Waals surface area contributed by atoms with E-state index in [0.717, 1.165) is 42.8 Å². The summed E-state index contributed by atoms with van der Waals surface area (Å²) in [5, 5.41) is 29.4. The minimum absolute atomic E-state index is 0.0965. The van der Waals surface area contributed by atoms with Gasteiger partial charge in [0.15, 0.2) is 0 Å². The molecule has 0 spiro atoms. The van der Waals surface area contributed by atoms with Crippen molar-refractivity contribution in [2.45, 2.75) is 63.6 Å². The topological polar surface area (TPSA) is 141 Å². The van der Waals surface area contributed by atoms with Crippen LogP contribution in [0.15, 0.2) is 30.5 Å². The van der Waals surface area contributed by atoms with Crippen LogP contribution in [-0.2, 0) is 14.3 Å². The van der Waals surface area contributed by atoms with E-state index in [1.54, 1.807) is 6.20 Å². The molecule has 1 atom stereocenters. The Morgan fingerprint density at radius 3 is 2.72 bits per heavy atom. The maximum atomic E-state index is 10.6. The predicted octanol–water partition coefficient (Wildman–Crippen LogP) is 4.33. The van der Waals surface area contributed by atoms with Crippen molar-refractivity contribution in [2.75, 3.05) is 43.6 Å². The van der Waals surface area contributed by atoms with Gasteiger partial charge in [-0.2, -0.15) is 5.26 Å². The van der Waals surface area contributed by atoms with Crippen LogP contribution < -0.4 is 16.0 Å². The number of aliphatic carboxylic acids is 1. The number of nitrogens with zero attached hydrogens (tertiary/aromatic N) is 3. The first-order valence-electron chi connectivity index (χ1n) is 13.5. The van der Waals surface area contributed by atoms with Gasteiger partial charge in [-0.05, 0) is 63.6 Å². The minimum atomic E-state index is -0.952. The van der Waals surface area contributed by atoms with Gasteiger partial charge in [-0.15, -0.1) is 0 Å². The fourth-order valence-electron chi connectivity index (χ4n) is 5.13. The van der Waals surface area contributed by atoms with Crippen molar-refractivity contribution in [3.8, 4) is 17.3 Å². The molecule has 2 fully saturated rings. The van der Waals surface area contributed by atoms with Crippen LogP contribution in [-0.4, -0.2) is 72.1 Å². The van der Waals surface area contributed by atoms with E-state index in [-0.39, 0.29) is 12.6 Å². The summed E-state index contributed by atoms with van der Waals surface area (Å²) in [6.07, 6.45) is 7.06. The third-order valence-corrected chi connectivity index (χ3v) is 7.67. The normalized spacial score (nSPS) is 21.5. The molecular weight excluding hydrogens is 520 g/mol. The summed E-state index contributed by atoms with van der Waals surface area (Å²) in [6.45, 7) is 3.84. The van der Waals surface area contributed by atoms with E-state index in [4.69, 9.17) is 31.2 Å². The molecule has 10 nitrogen and oxygen atoms in total. The number of hydrogen-bond donors (Lipinski definition) is 4. The Balaban J connectivity index is 1.31. The van der Waals surface area contributed by atoms with E-state index < -0.39 is 11.4 Å². The molecule has 1 aliphatic carbocycles. The number of carboxylic acid groups (broad SMARTS) is 1. The van der Waals surface area contributed by atoms with Gasteiger partial charge in [-0.1, -0.05) is 17.7 Å². The molecule has 210 valence electrons. The lowest BCUT2D eigenvalue weighted by molar-refractivity contribution is -0.142. The van der Waals surface area contributed by atoms with Gasteiger partial charge in [0, 0.05) is 49.6 Å². The molecule has 2 aliphatic rings. The van der Waals surface area contributed by atoms with Crippen LogP contribution in [0.25, 0.3) is 11.3 Å². The Hall–Kier alpha value is -2.97. The van der Waals surface area contributed by atoms with Gasteiger partial charge in [0.05, 0.1) is 28.8 Å². The monoisotopic (exact) mass is 556 g/mol. The number of nitriles is 1. The number of aromatic nitrogens is 2. The Bertz CT molecular complexity index is 1150. The summed E-state index contributed by atoms with van der Waals surface area (Å²) in [4.78, 5) is 19.9. The van der Waals surface area contributed by atoms with Crippen LogP contribution in [0.3, 0.4) is 0 Å². The molecule has 3 heterocycles. The van der Waals surface area contributed by atoms with Crippen molar-refractivity contribution < 1.29 is 19.4 Å². The van der Waals surface area contributed by atoms with Gasteiger partial charge in [0.1, 0.15) is 18.2 Å². The molecular formula is C28H37ClN6O4. The number of ether oxygens (including phenoxy) is 2. The number of hydrogen-bond acceptors (Lipinski definition) is 9. The summed E-state index contributed by atoms with van der Waals surface area (Å²) in [5.74, 6) is 0.503. The summed E-state index contributed by atoms with van der Waals surface area (Å²) >= 11 is 6.53. The zero-order valence-corrected chi connectivity index (χ0v) is 23.0. The molecule has 0 amide bonds. The standard InChI is InChI=1S/C28H37ClN6O4/c1-19(15-39-16-27(36)37)33-20-5-7-21(8-6-20)34-26-13-22(23(29)14-31-26)24-3-2-4-25(35-24)32-18-28(17-30)9-11-38-12-10-28/h2-4,13-14,19-21,33H,5-12,15-16,18H2,1H3,(H,31,34)(H,32,35)(H,36,37)/t19?,20-,21-. The van der Waals surface area contributed by atoms with Crippen LogP contribution in [0, 0.1) is 16.7 Å². The molecule has 1 aliphatic heterocycles. The number of pyridine rings is 2. The second-order valence-corrected chi connectivity index (χ2v) is 10.9. The van der Waals surface area contributed by atoms with E-state index in [9.17, 15) is 10.1 Å². The Morgan fingerprint density at radius 1 is 1.26 bits per heavy atom. The van der Waals surface area contributed by atoms with Gasteiger partial charge in [0.25, 0.3) is 0 Å². The quantitative estimate of drug-likeness (QED) is 0.298. The number of rotatable bonds is 12. The van der Waals surface area contributed by atoms with E-state index in [1.165, 1.54) is 0 Å². The highest BCUT2D eigenvalue weighted by Crippen LogP contribution is 2.32. The number of nitrogens with one attached hydrogen (secondary N) is 3. The largest absolute Gasteiger partial charge is 0.480 e. The fourth-order valence-corrected chi connectivity index (χ4v) is 5.33. The third-order valence-electron chi connectivity index (χ3n) is 7.37. The van der Waals surface area contributed by atoms with Crippen LogP contribution in [0.2, 0.25) is 5.02 Å². The van der Waals surface area contributed by atoms with Gasteiger partial charge in [0.2, 0.25) is 0 Å². The average molecular weight is 557 g/mol. The molecule has 39 heavy (non-hydrogen) atoms. The van der Waals surface area contributed by atoms with Crippen LogP contribution in [0.1, 0.15) is 45.4 Å². The molecule has 0 aromatic carbocycles. The molecule has 11 heteroatoms. The summed E-state index contributed by atoms with van der Waals surface area (Å²) in [7, 11) is 0. The first-order valence-corrected chi connectivity index (χ1v) is 13.9. The lowest BCUT2D eigenvalue weighted by Gasteiger charge is -2.32. The smallest absolute Gasteiger partial charge is 0.329 e. The zero-order chi connectivity index (χ0) is 27.7. The molecule has 0 bridgehead atoms. The average Bonchev–Trinajstić information content (AvgIpc) is 2.94. The van der Waals surface area contributed by atoms with E-state index in [1.807, 2.05) is 31.2 Å². The molecule has 4 rings (SSSR count). The molecule has 2 aromatic heterocycles. The number of halogens is 1. The Kier molecular flexibility index (Phi) is 10.3. The molecule has 4 N–H and O–H groups in total. The second-order valence-electron chi connectivity index (χ2n) is 10.5. The third kappa shape index (κ3) is 8.51. The van der Waals surface area contributed by atoms with Crippen molar-refractivity contribution in [1.82, 2.24) is 15.3 Å². The van der Waals surface area contributed by atoms with Gasteiger partial charge >= 0.3 is 5.97 Å². The van der Waals surface area contributed by atoms with Gasteiger partial charge in [-0.25, -0.2) is 14.8 Å². The highest BCUT2D eigenvalue weighted by molar-refractivity contribution is 6.33. The number of anilines is 2. The number of carbonyl (C=O) groups is 1. The second kappa shape index (κ2) is 13.9. The van der Waals surface area contributed by atoms with E-state index >= 15 is 0 Å². The summed E-state index contributed by atoms with van der Waals surface area (Å²) in [6, 6.07) is 10.9. The molecule has 2 aromatic rings. The highest BCUT2D eigenvalue weighted by atomic mass is 35.5. The van der Waals surface area contributed by atoms with Gasteiger partial charge < -0.3 is 30.5 Å². The predicted molar refractivity (Wildman–Crippen MR) is 150 cm³/mol. The summed E-state index contributed by atoms with van der Waals surface area (Å²) < 4.78 is 10.6. The SMILES string of the molecule is CC(COCC(=O)O)N[C@H]1CC[C@H](Nc2cc(-c3cccc(NCC4(C#N)CCOCC4)n3)c(Cl)cn2)CC1. The Morgan fingerprint density at radius 2 is 2.00 bits per heavy atom. The summed E-state index contributed by atoms with van der Waals surface area (Å²) in [5.41, 5.74) is 1.09. The lowest BCUT2D eigenvalue weighted by atomic mass is 9.82. The fraction of sp³-hybridized carbons (Fsp3) is 0.571. The van der Waals surface area contributed by atoms with Crippen molar-refractivity contribution in [3.63, 3.8) is 0 Å². The van der Waals surface area contributed by atoms with E-state index in [0.29, 0.717) is 62.1 Å². The van der Waals surface area contributed by atoms with Crippen molar-refractivity contribution in [1.29, 1.82) is 5.26 Å². The lowest BCUT2D eigenvalue weighted by Crippen LogP contribution is -2.43. The molecule has 1 saturated carbocycles. The maximum Gasteiger partial charge on any atom is 0.329 e. The zero-order valence-electron chi connectivity index (χ0n) is 22.3.